The molecule has 1 saturated heterocycles. The normalized spacial score (nSPS) is 18.0. The second kappa shape index (κ2) is 8.96. The van der Waals surface area contributed by atoms with Crippen molar-refractivity contribution in [1.82, 2.24) is 14.5 Å². The van der Waals surface area contributed by atoms with Gasteiger partial charge in [-0.2, -0.15) is 0 Å². The SMILES string of the molecule is O=C1C(=O)N(CCCn2ccnc2)C(c2ccccc2Cl)/C1=C(\O)c1ccc(Cl)cc1. The number of aliphatic hydroxyl groups is 1. The van der Waals surface area contributed by atoms with E-state index in [0.29, 0.717) is 40.7 Å². The van der Waals surface area contributed by atoms with E-state index in [1.807, 2.05) is 10.8 Å². The number of halogens is 2. The Kier molecular flexibility index (Phi) is 6.11. The molecular weight excluding hydrogens is 437 g/mol. The van der Waals surface area contributed by atoms with Gasteiger partial charge in [0.05, 0.1) is 17.9 Å². The molecule has 0 spiro atoms. The largest absolute Gasteiger partial charge is 0.507 e. The molecule has 8 heteroatoms. The standard InChI is InChI=1S/C23H19Cl2N3O3/c24-16-8-6-15(7-9-16)21(29)19-20(17-4-1-2-5-18(17)25)28(23(31)22(19)30)12-3-11-27-13-10-26-14-27/h1-2,4-10,13-14,20,29H,3,11-12H2/b21-19+. The zero-order chi connectivity index (χ0) is 22.0. The maximum absolute atomic E-state index is 13.0. The molecule has 1 N–H and O–H groups in total. The van der Waals surface area contributed by atoms with Gasteiger partial charge in [0, 0.05) is 41.1 Å². The van der Waals surface area contributed by atoms with Crippen LogP contribution in [0.1, 0.15) is 23.6 Å². The summed E-state index contributed by atoms with van der Waals surface area (Å²) in [5, 5.41) is 11.9. The molecule has 1 aliphatic rings. The van der Waals surface area contributed by atoms with Crippen molar-refractivity contribution in [2.45, 2.75) is 19.0 Å². The minimum Gasteiger partial charge on any atom is -0.507 e. The Morgan fingerprint density at radius 1 is 1.03 bits per heavy atom. The average Bonchev–Trinajstić information content (AvgIpc) is 3.36. The van der Waals surface area contributed by atoms with Crippen molar-refractivity contribution in [2.24, 2.45) is 0 Å². The van der Waals surface area contributed by atoms with Gasteiger partial charge in [0.1, 0.15) is 5.76 Å². The van der Waals surface area contributed by atoms with Gasteiger partial charge in [0.2, 0.25) is 0 Å². The lowest BCUT2D eigenvalue weighted by molar-refractivity contribution is -0.139. The molecule has 2 aromatic carbocycles. The number of aliphatic hydroxyl groups excluding tert-OH is 1. The Morgan fingerprint density at radius 3 is 2.45 bits per heavy atom. The predicted octanol–water partition coefficient (Wildman–Crippen LogP) is 4.70. The third kappa shape index (κ3) is 4.22. The van der Waals surface area contributed by atoms with Crippen molar-refractivity contribution in [3.05, 3.63) is 94.0 Å². The first kappa shape index (κ1) is 21.2. The smallest absolute Gasteiger partial charge is 0.295 e. The maximum atomic E-state index is 13.0. The van der Waals surface area contributed by atoms with Crippen LogP contribution >= 0.6 is 23.2 Å². The molecule has 1 unspecified atom stereocenters. The molecule has 1 amide bonds. The summed E-state index contributed by atoms with van der Waals surface area (Å²) in [6.45, 7) is 0.950. The molecule has 158 valence electrons. The van der Waals surface area contributed by atoms with Gasteiger partial charge in [-0.3, -0.25) is 9.59 Å². The summed E-state index contributed by atoms with van der Waals surface area (Å²) >= 11 is 12.4. The molecule has 1 aromatic heterocycles. The molecule has 4 rings (SSSR count). The van der Waals surface area contributed by atoms with Crippen LogP contribution in [-0.2, 0) is 16.1 Å². The number of carbonyl (C=O) groups excluding carboxylic acids is 2. The highest BCUT2D eigenvalue weighted by atomic mass is 35.5. The molecular formula is C23H19Cl2N3O3. The van der Waals surface area contributed by atoms with Crippen LogP contribution in [0, 0.1) is 0 Å². The van der Waals surface area contributed by atoms with Gasteiger partial charge in [0.25, 0.3) is 11.7 Å². The number of hydrogen-bond acceptors (Lipinski definition) is 4. The van der Waals surface area contributed by atoms with Gasteiger partial charge in [-0.25, -0.2) is 4.98 Å². The van der Waals surface area contributed by atoms with Crippen molar-refractivity contribution in [1.29, 1.82) is 0 Å². The number of Topliss-reactive ketones (excluding diaryl/α,β-unsaturated/α-hetero) is 1. The topological polar surface area (TPSA) is 75.4 Å². The Labute approximate surface area is 189 Å². The minimum absolute atomic E-state index is 0.0167. The molecule has 0 radical (unpaired) electrons. The van der Waals surface area contributed by atoms with Crippen LogP contribution in [0.25, 0.3) is 5.76 Å². The van der Waals surface area contributed by atoms with E-state index in [1.165, 1.54) is 4.90 Å². The summed E-state index contributed by atoms with van der Waals surface area (Å²) in [5.74, 6) is -1.65. The molecule has 6 nitrogen and oxygen atoms in total. The number of rotatable bonds is 6. The number of ketones is 1. The summed E-state index contributed by atoms with van der Waals surface area (Å²) in [5.41, 5.74) is 1.00. The van der Waals surface area contributed by atoms with E-state index in [-0.39, 0.29) is 11.3 Å². The number of amides is 1. The fraction of sp³-hybridized carbons (Fsp3) is 0.174. The molecule has 3 aromatic rings. The summed E-state index contributed by atoms with van der Waals surface area (Å²) < 4.78 is 1.90. The van der Waals surface area contributed by atoms with Gasteiger partial charge in [0.15, 0.2) is 0 Å². The molecule has 1 aliphatic heterocycles. The second-order valence-electron chi connectivity index (χ2n) is 7.17. The zero-order valence-electron chi connectivity index (χ0n) is 16.4. The van der Waals surface area contributed by atoms with Gasteiger partial charge < -0.3 is 14.6 Å². The fourth-order valence-corrected chi connectivity index (χ4v) is 4.10. The lowest BCUT2D eigenvalue weighted by atomic mass is 9.95. The van der Waals surface area contributed by atoms with Crippen molar-refractivity contribution >= 4 is 40.7 Å². The lowest BCUT2D eigenvalue weighted by Gasteiger charge is -2.26. The number of carbonyl (C=O) groups is 2. The number of benzene rings is 2. The monoisotopic (exact) mass is 455 g/mol. The van der Waals surface area contributed by atoms with Gasteiger partial charge in [-0.05, 0) is 42.3 Å². The van der Waals surface area contributed by atoms with E-state index < -0.39 is 17.7 Å². The average molecular weight is 456 g/mol. The van der Waals surface area contributed by atoms with Crippen molar-refractivity contribution < 1.29 is 14.7 Å². The van der Waals surface area contributed by atoms with E-state index in [1.54, 1.807) is 61.1 Å². The first-order valence-corrected chi connectivity index (χ1v) is 10.5. The Bertz CT molecular complexity index is 1140. The molecule has 0 saturated carbocycles. The predicted molar refractivity (Wildman–Crippen MR) is 119 cm³/mol. The highest BCUT2D eigenvalue weighted by Crippen LogP contribution is 2.41. The van der Waals surface area contributed by atoms with Crippen LogP contribution in [0.15, 0.2) is 72.8 Å². The summed E-state index contributed by atoms with van der Waals surface area (Å²) in [4.78, 5) is 31.4. The maximum Gasteiger partial charge on any atom is 0.295 e. The third-order valence-corrected chi connectivity index (χ3v) is 5.83. The first-order chi connectivity index (χ1) is 15.0. The van der Waals surface area contributed by atoms with Crippen molar-refractivity contribution in [3.8, 4) is 0 Å². The van der Waals surface area contributed by atoms with Crippen LogP contribution in [-0.4, -0.2) is 37.8 Å². The molecule has 1 atom stereocenters. The van der Waals surface area contributed by atoms with Gasteiger partial charge >= 0.3 is 0 Å². The van der Waals surface area contributed by atoms with Crippen LogP contribution in [0.3, 0.4) is 0 Å². The van der Waals surface area contributed by atoms with E-state index in [9.17, 15) is 14.7 Å². The molecule has 0 aliphatic carbocycles. The Hall–Kier alpha value is -3.09. The minimum atomic E-state index is -0.785. The lowest BCUT2D eigenvalue weighted by Crippen LogP contribution is -2.31. The Morgan fingerprint density at radius 2 is 1.77 bits per heavy atom. The van der Waals surface area contributed by atoms with Crippen LogP contribution < -0.4 is 0 Å². The quantitative estimate of drug-likeness (QED) is 0.332. The van der Waals surface area contributed by atoms with E-state index in [2.05, 4.69) is 4.98 Å². The van der Waals surface area contributed by atoms with Crippen LogP contribution in [0.2, 0.25) is 10.0 Å². The van der Waals surface area contributed by atoms with Crippen molar-refractivity contribution in [3.63, 3.8) is 0 Å². The van der Waals surface area contributed by atoms with E-state index in [4.69, 9.17) is 23.2 Å². The number of likely N-dealkylation sites (tertiary alicyclic amines) is 1. The summed E-state index contributed by atoms with van der Waals surface area (Å²) in [7, 11) is 0. The van der Waals surface area contributed by atoms with Gasteiger partial charge in [-0.15, -0.1) is 0 Å². The zero-order valence-corrected chi connectivity index (χ0v) is 17.9. The number of aryl methyl sites for hydroxylation is 1. The molecule has 2 heterocycles. The van der Waals surface area contributed by atoms with E-state index >= 15 is 0 Å². The molecule has 31 heavy (non-hydrogen) atoms. The van der Waals surface area contributed by atoms with Crippen molar-refractivity contribution in [2.75, 3.05) is 6.54 Å². The summed E-state index contributed by atoms with van der Waals surface area (Å²) in [6.07, 6.45) is 5.81. The summed E-state index contributed by atoms with van der Waals surface area (Å²) in [6, 6.07) is 12.7. The van der Waals surface area contributed by atoms with Crippen LogP contribution in [0.4, 0.5) is 0 Å². The molecule has 0 bridgehead atoms. The Balaban J connectivity index is 1.75. The highest BCUT2D eigenvalue weighted by Gasteiger charge is 2.46. The van der Waals surface area contributed by atoms with E-state index in [0.717, 1.165) is 0 Å². The van der Waals surface area contributed by atoms with Crippen LogP contribution in [0.5, 0.6) is 0 Å². The number of nitrogens with zero attached hydrogens (tertiary/aromatic N) is 3. The second-order valence-corrected chi connectivity index (χ2v) is 8.02. The number of imidazole rings is 1. The highest BCUT2D eigenvalue weighted by molar-refractivity contribution is 6.47. The first-order valence-electron chi connectivity index (χ1n) is 9.72. The van der Waals surface area contributed by atoms with Gasteiger partial charge in [-0.1, -0.05) is 41.4 Å². The number of aromatic nitrogens is 2. The number of hydrogen-bond donors (Lipinski definition) is 1. The fourth-order valence-electron chi connectivity index (χ4n) is 3.74. The molecule has 1 fully saturated rings. The third-order valence-electron chi connectivity index (χ3n) is 5.23.